The summed E-state index contributed by atoms with van der Waals surface area (Å²) in [5, 5.41) is 0. The first-order valence-corrected chi connectivity index (χ1v) is 8.55. The topological polar surface area (TPSA) is 60.4 Å². The predicted molar refractivity (Wildman–Crippen MR) is 78.5 cm³/mol. The van der Waals surface area contributed by atoms with Crippen LogP contribution in [0.2, 0.25) is 0 Å². The second kappa shape index (κ2) is 7.64. The van der Waals surface area contributed by atoms with E-state index in [1.165, 1.54) is 0 Å². The number of alkyl halides is 1. The van der Waals surface area contributed by atoms with Crippen molar-refractivity contribution in [3.05, 3.63) is 30.3 Å². The van der Waals surface area contributed by atoms with Crippen LogP contribution in [0.25, 0.3) is 0 Å². The van der Waals surface area contributed by atoms with Crippen molar-refractivity contribution >= 4 is 27.4 Å². The number of halogens is 1. The number of sulfone groups is 1. The maximum Gasteiger partial charge on any atom is 0.320 e. The van der Waals surface area contributed by atoms with Gasteiger partial charge in [0, 0.05) is 5.92 Å². The van der Waals surface area contributed by atoms with Gasteiger partial charge in [0.1, 0.15) is 5.88 Å². The van der Waals surface area contributed by atoms with E-state index in [-0.39, 0.29) is 35.0 Å². The minimum Gasteiger partial charge on any atom is -0.464 e. The van der Waals surface area contributed by atoms with Crippen LogP contribution < -0.4 is 0 Å². The van der Waals surface area contributed by atoms with Crippen molar-refractivity contribution in [3.8, 4) is 0 Å². The Bertz CT molecular complexity index is 525. The first-order chi connectivity index (χ1) is 9.36. The summed E-state index contributed by atoms with van der Waals surface area (Å²) in [5.74, 6) is -0.987. The second-order valence-electron chi connectivity index (χ2n) is 4.92. The van der Waals surface area contributed by atoms with E-state index in [4.69, 9.17) is 16.3 Å². The third-order valence-electron chi connectivity index (χ3n) is 3.05. The smallest absolute Gasteiger partial charge is 0.320 e. The summed E-state index contributed by atoms with van der Waals surface area (Å²) in [6.45, 7) is 3.87. The van der Waals surface area contributed by atoms with Gasteiger partial charge in [-0.15, -0.1) is 11.6 Å². The van der Waals surface area contributed by atoms with Crippen LogP contribution >= 0.6 is 11.6 Å². The van der Waals surface area contributed by atoms with Crippen LogP contribution in [-0.2, 0) is 19.4 Å². The highest BCUT2D eigenvalue weighted by molar-refractivity contribution is 7.91. The second-order valence-corrected chi connectivity index (χ2v) is 7.22. The SMILES string of the molecule is CC(C)[C@H](COC(=O)CCl)CS(=O)(=O)c1ccccc1. The zero-order chi connectivity index (χ0) is 15.2. The van der Waals surface area contributed by atoms with Gasteiger partial charge in [-0.1, -0.05) is 32.0 Å². The van der Waals surface area contributed by atoms with Gasteiger partial charge in [0.25, 0.3) is 0 Å². The molecule has 0 saturated carbocycles. The van der Waals surface area contributed by atoms with E-state index in [0.29, 0.717) is 0 Å². The van der Waals surface area contributed by atoms with Gasteiger partial charge in [0.15, 0.2) is 9.84 Å². The third-order valence-corrected chi connectivity index (χ3v) is 5.12. The van der Waals surface area contributed by atoms with E-state index in [9.17, 15) is 13.2 Å². The molecule has 0 aliphatic rings. The van der Waals surface area contributed by atoms with E-state index < -0.39 is 15.8 Å². The summed E-state index contributed by atoms with van der Waals surface area (Å²) in [7, 11) is -3.38. The maximum atomic E-state index is 12.3. The minimum absolute atomic E-state index is 0.0513. The van der Waals surface area contributed by atoms with Gasteiger partial charge in [-0.05, 0) is 18.1 Å². The molecule has 0 amide bonds. The van der Waals surface area contributed by atoms with Crippen molar-refractivity contribution in [1.82, 2.24) is 0 Å². The Labute approximate surface area is 125 Å². The molecule has 1 aromatic rings. The quantitative estimate of drug-likeness (QED) is 0.572. The van der Waals surface area contributed by atoms with Crippen LogP contribution in [0, 0.1) is 11.8 Å². The zero-order valence-electron chi connectivity index (χ0n) is 11.6. The van der Waals surface area contributed by atoms with Crippen LogP contribution in [0.3, 0.4) is 0 Å². The molecule has 0 bridgehead atoms. The first-order valence-electron chi connectivity index (χ1n) is 6.36. The van der Waals surface area contributed by atoms with E-state index in [2.05, 4.69) is 0 Å². The average Bonchev–Trinajstić information content (AvgIpc) is 2.43. The van der Waals surface area contributed by atoms with Crippen LogP contribution in [-0.4, -0.2) is 32.6 Å². The molecule has 0 aromatic heterocycles. The molecule has 0 saturated heterocycles. The molecule has 112 valence electrons. The standard InChI is InChI=1S/C14H19ClO4S/c1-11(2)12(9-19-14(16)8-15)10-20(17,18)13-6-4-3-5-7-13/h3-7,11-12H,8-10H2,1-2H3/t12-/m1/s1. The zero-order valence-corrected chi connectivity index (χ0v) is 13.2. The molecule has 0 radical (unpaired) electrons. The number of rotatable bonds is 7. The van der Waals surface area contributed by atoms with Crippen LogP contribution in [0.15, 0.2) is 35.2 Å². The number of carbonyl (C=O) groups excluding carboxylic acids is 1. The van der Waals surface area contributed by atoms with Gasteiger partial charge in [-0.2, -0.15) is 0 Å². The highest BCUT2D eigenvalue weighted by Crippen LogP contribution is 2.19. The molecule has 0 fully saturated rings. The molecule has 4 nitrogen and oxygen atoms in total. The molecular formula is C14H19ClO4S. The van der Waals surface area contributed by atoms with Gasteiger partial charge in [0.2, 0.25) is 0 Å². The molecule has 0 aliphatic carbocycles. The lowest BCUT2D eigenvalue weighted by molar-refractivity contribution is -0.142. The third kappa shape index (κ3) is 5.13. The summed E-state index contributed by atoms with van der Waals surface area (Å²) in [6.07, 6.45) is 0. The largest absolute Gasteiger partial charge is 0.464 e. The predicted octanol–water partition coefficient (Wildman–Crippen LogP) is 2.51. The lowest BCUT2D eigenvalue weighted by atomic mass is 9.99. The normalized spacial score (nSPS) is 13.2. The lowest BCUT2D eigenvalue weighted by Crippen LogP contribution is -2.27. The lowest BCUT2D eigenvalue weighted by Gasteiger charge is -2.20. The molecule has 0 aliphatic heterocycles. The number of esters is 1. The van der Waals surface area contributed by atoms with Gasteiger partial charge in [-0.25, -0.2) is 8.42 Å². The van der Waals surface area contributed by atoms with Crippen molar-refractivity contribution in [3.63, 3.8) is 0 Å². The molecule has 0 heterocycles. The molecular weight excluding hydrogens is 300 g/mol. The summed E-state index contributed by atoms with van der Waals surface area (Å²) >= 11 is 5.35. The fourth-order valence-electron chi connectivity index (χ4n) is 1.68. The summed E-state index contributed by atoms with van der Waals surface area (Å²) in [4.78, 5) is 11.4. The fourth-order valence-corrected chi connectivity index (χ4v) is 3.56. The minimum atomic E-state index is -3.38. The van der Waals surface area contributed by atoms with Crippen LogP contribution in [0.1, 0.15) is 13.8 Å². The Morgan fingerprint density at radius 1 is 1.25 bits per heavy atom. The summed E-state index contributed by atoms with van der Waals surface area (Å²) in [6, 6.07) is 8.27. The van der Waals surface area contributed by atoms with Crippen LogP contribution in [0.4, 0.5) is 0 Å². The Balaban J connectivity index is 2.77. The molecule has 20 heavy (non-hydrogen) atoms. The van der Waals surface area contributed by atoms with E-state index >= 15 is 0 Å². The Morgan fingerprint density at radius 3 is 2.35 bits per heavy atom. The average molecular weight is 319 g/mol. The van der Waals surface area contributed by atoms with Crippen molar-refractivity contribution in [2.75, 3.05) is 18.2 Å². The number of benzene rings is 1. The Hall–Kier alpha value is -1.07. The molecule has 1 atom stereocenters. The fraction of sp³-hybridized carbons (Fsp3) is 0.500. The van der Waals surface area contributed by atoms with Crippen molar-refractivity contribution in [2.45, 2.75) is 18.7 Å². The van der Waals surface area contributed by atoms with Gasteiger partial charge < -0.3 is 4.74 Å². The monoisotopic (exact) mass is 318 g/mol. The van der Waals surface area contributed by atoms with E-state index in [1.54, 1.807) is 30.3 Å². The maximum absolute atomic E-state index is 12.3. The number of hydrogen-bond donors (Lipinski definition) is 0. The molecule has 0 spiro atoms. The first kappa shape index (κ1) is 17.0. The Kier molecular flexibility index (Phi) is 6.49. The van der Waals surface area contributed by atoms with E-state index in [1.807, 2.05) is 13.8 Å². The summed E-state index contributed by atoms with van der Waals surface area (Å²) < 4.78 is 29.6. The van der Waals surface area contributed by atoms with Gasteiger partial charge in [0.05, 0.1) is 17.3 Å². The number of ether oxygens (including phenoxy) is 1. The van der Waals surface area contributed by atoms with E-state index in [0.717, 1.165) is 0 Å². The van der Waals surface area contributed by atoms with Crippen molar-refractivity contribution in [1.29, 1.82) is 0 Å². The van der Waals surface area contributed by atoms with Crippen LogP contribution in [0.5, 0.6) is 0 Å². The molecule has 1 aromatic carbocycles. The molecule has 0 N–H and O–H groups in total. The number of hydrogen-bond acceptors (Lipinski definition) is 4. The van der Waals surface area contributed by atoms with Gasteiger partial charge in [-0.3, -0.25) is 4.79 Å². The molecule has 6 heteroatoms. The molecule has 0 unspecified atom stereocenters. The summed E-state index contributed by atoms with van der Waals surface area (Å²) in [5.41, 5.74) is 0. The highest BCUT2D eigenvalue weighted by atomic mass is 35.5. The van der Waals surface area contributed by atoms with Crippen molar-refractivity contribution < 1.29 is 17.9 Å². The van der Waals surface area contributed by atoms with Gasteiger partial charge >= 0.3 is 5.97 Å². The van der Waals surface area contributed by atoms with Crippen molar-refractivity contribution in [2.24, 2.45) is 11.8 Å². The highest BCUT2D eigenvalue weighted by Gasteiger charge is 2.24. The molecule has 1 rings (SSSR count). The number of carbonyl (C=O) groups is 1. The Morgan fingerprint density at radius 2 is 1.85 bits per heavy atom.